The molecular weight excluding hydrogens is 352 g/mol. The van der Waals surface area contributed by atoms with Crippen LogP contribution in [-0.2, 0) is 11.2 Å². The van der Waals surface area contributed by atoms with Gasteiger partial charge in [-0.05, 0) is 61.2 Å². The second-order valence-electron chi connectivity index (χ2n) is 7.35. The molecule has 1 aliphatic rings. The predicted molar refractivity (Wildman–Crippen MR) is 110 cm³/mol. The minimum absolute atomic E-state index is 0.0487. The highest BCUT2D eigenvalue weighted by Crippen LogP contribution is 2.16. The fraction of sp³-hybridized carbons (Fsp3) is 0.391. The summed E-state index contributed by atoms with van der Waals surface area (Å²) in [6.45, 7) is 6.57. The van der Waals surface area contributed by atoms with Gasteiger partial charge in [0, 0.05) is 31.7 Å². The van der Waals surface area contributed by atoms with Crippen LogP contribution in [0.4, 0.5) is 0 Å². The second kappa shape index (κ2) is 8.91. The zero-order valence-electron chi connectivity index (χ0n) is 16.9. The number of benzene rings is 2. The molecule has 0 radical (unpaired) electrons. The fourth-order valence-corrected chi connectivity index (χ4v) is 3.46. The Bertz CT molecular complexity index is 845. The number of nitrogens with zero attached hydrogens (tertiary/aromatic N) is 2. The average Bonchev–Trinajstić information content (AvgIpc) is 2.96. The molecule has 1 heterocycles. The lowest BCUT2D eigenvalue weighted by Gasteiger charge is -2.22. The maximum absolute atomic E-state index is 12.9. The number of amides is 2. The first-order valence-electron chi connectivity index (χ1n) is 9.75. The van der Waals surface area contributed by atoms with Crippen molar-refractivity contribution >= 4 is 11.8 Å². The molecule has 0 atom stereocenters. The first-order valence-corrected chi connectivity index (χ1v) is 9.75. The van der Waals surface area contributed by atoms with E-state index < -0.39 is 0 Å². The van der Waals surface area contributed by atoms with Crippen molar-refractivity contribution < 1.29 is 14.3 Å². The summed E-state index contributed by atoms with van der Waals surface area (Å²) >= 11 is 0. The van der Waals surface area contributed by atoms with Gasteiger partial charge in [-0.3, -0.25) is 9.59 Å². The van der Waals surface area contributed by atoms with Crippen molar-refractivity contribution in [3.63, 3.8) is 0 Å². The van der Waals surface area contributed by atoms with Crippen LogP contribution in [0.5, 0.6) is 5.75 Å². The summed E-state index contributed by atoms with van der Waals surface area (Å²) in [7, 11) is 1.63. The number of rotatable bonds is 4. The molecule has 2 amide bonds. The molecule has 1 aliphatic heterocycles. The van der Waals surface area contributed by atoms with Crippen LogP contribution >= 0.6 is 0 Å². The molecule has 28 heavy (non-hydrogen) atoms. The van der Waals surface area contributed by atoms with Gasteiger partial charge >= 0.3 is 0 Å². The average molecular weight is 380 g/mol. The Kier molecular flexibility index (Phi) is 6.34. The van der Waals surface area contributed by atoms with Crippen LogP contribution in [0.2, 0.25) is 0 Å². The van der Waals surface area contributed by atoms with Gasteiger partial charge in [0.1, 0.15) is 5.75 Å². The maximum atomic E-state index is 12.9. The number of carbonyl (C=O) groups excluding carboxylic acids is 2. The SMILES string of the molecule is COc1ccc(CC(=O)N2CCCN(C(=O)c3ccc(C)c(C)c3)CC2)cc1. The van der Waals surface area contributed by atoms with E-state index in [4.69, 9.17) is 4.74 Å². The molecule has 148 valence electrons. The Hall–Kier alpha value is -2.82. The highest BCUT2D eigenvalue weighted by atomic mass is 16.5. The summed E-state index contributed by atoms with van der Waals surface area (Å²) in [5, 5.41) is 0. The lowest BCUT2D eigenvalue weighted by molar-refractivity contribution is -0.130. The lowest BCUT2D eigenvalue weighted by Crippen LogP contribution is -2.38. The van der Waals surface area contributed by atoms with E-state index in [0.29, 0.717) is 32.6 Å². The minimum atomic E-state index is 0.0487. The molecule has 5 nitrogen and oxygen atoms in total. The molecule has 0 N–H and O–H groups in total. The van der Waals surface area contributed by atoms with Crippen LogP contribution in [0.25, 0.3) is 0 Å². The smallest absolute Gasteiger partial charge is 0.253 e. The molecule has 0 unspecified atom stereocenters. The van der Waals surface area contributed by atoms with E-state index in [1.807, 2.05) is 66.1 Å². The van der Waals surface area contributed by atoms with Gasteiger partial charge < -0.3 is 14.5 Å². The van der Waals surface area contributed by atoms with Gasteiger partial charge in [-0.1, -0.05) is 18.2 Å². The number of methoxy groups -OCH3 is 1. The third-order valence-electron chi connectivity index (χ3n) is 5.40. The van der Waals surface area contributed by atoms with Gasteiger partial charge in [-0.2, -0.15) is 0 Å². The monoisotopic (exact) mass is 380 g/mol. The van der Waals surface area contributed by atoms with Gasteiger partial charge in [-0.15, -0.1) is 0 Å². The topological polar surface area (TPSA) is 49.9 Å². The zero-order chi connectivity index (χ0) is 20.1. The molecule has 0 aliphatic carbocycles. The number of hydrogen-bond acceptors (Lipinski definition) is 3. The minimum Gasteiger partial charge on any atom is -0.497 e. The van der Waals surface area contributed by atoms with Crippen molar-refractivity contribution in [2.45, 2.75) is 26.7 Å². The van der Waals surface area contributed by atoms with Gasteiger partial charge in [-0.25, -0.2) is 0 Å². The molecule has 0 bridgehead atoms. The molecule has 1 saturated heterocycles. The van der Waals surface area contributed by atoms with Crippen LogP contribution < -0.4 is 4.74 Å². The van der Waals surface area contributed by atoms with E-state index >= 15 is 0 Å². The van der Waals surface area contributed by atoms with Gasteiger partial charge in [0.05, 0.1) is 13.5 Å². The Morgan fingerprint density at radius 2 is 1.57 bits per heavy atom. The van der Waals surface area contributed by atoms with Crippen LogP contribution in [0, 0.1) is 13.8 Å². The summed E-state index contributed by atoms with van der Waals surface area (Å²) in [4.78, 5) is 29.3. The fourth-order valence-electron chi connectivity index (χ4n) is 3.46. The molecule has 0 saturated carbocycles. The van der Waals surface area contributed by atoms with Crippen molar-refractivity contribution in [1.29, 1.82) is 0 Å². The van der Waals surface area contributed by atoms with E-state index in [1.54, 1.807) is 7.11 Å². The third kappa shape index (κ3) is 4.71. The summed E-state index contributed by atoms with van der Waals surface area (Å²) in [6, 6.07) is 13.4. The largest absolute Gasteiger partial charge is 0.497 e. The van der Waals surface area contributed by atoms with E-state index in [2.05, 4.69) is 0 Å². The van der Waals surface area contributed by atoms with Crippen LogP contribution in [-0.4, -0.2) is 54.9 Å². The number of ether oxygens (including phenoxy) is 1. The molecule has 2 aromatic rings. The molecular formula is C23H28N2O3. The summed E-state index contributed by atoms with van der Waals surface area (Å²) in [6.07, 6.45) is 1.17. The Labute approximate surface area is 166 Å². The number of carbonyl (C=O) groups is 2. The standard InChI is InChI=1S/C23H28N2O3/c1-17-5-8-20(15-18(17)2)23(27)25-12-4-11-24(13-14-25)22(26)16-19-6-9-21(28-3)10-7-19/h5-10,15H,4,11-14,16H2,1-3H3. The molecule has 1 fully saturated rings. The predicted octanol–water partition coefficient (Wildman–Crippen LogP) is 3.23. The summed E-state index contributed by atoms with van der Waals surface area (Å²) < 4.78 is 5.16. The quantitative estimate of drug-likeness (QED) is 0.818. The van der Waals surface area contributed by atoms with Crippen LogP contribution in [0.1, 0.15) is 33.5 Å². The van der Waals surface area contributed by atoms with Crippen LogP contribution in [0.3, 0.4) is 0 Å². The highest BCUT2D eigenvalue weighted by molar-refractivity contribution is 5.94. The van der Waals surface area contributed by atoms with Crippen molar-refractivity contribution in [3.8, 4) is 5.75 Å². The van der Waals surface area contributed by atoms with Gasteiger partial charge in [0.25, 0.3) is 5.91 Å². The Morgan fingerprint density at radius 1 is 0.893 bits per heavy atom. The summed E-state index contributed by atoms with van der Waals surface area (Å²) in [5.74, 6) is 0.935. The van der Waals surface area contributed by atoms with E-state index in [0.717, 1.165) is 28.9 Å². The molecule has 0 aromatic heterocycles. The maximum Gasteiger partial charge on any atom is 0.253 e. The third-order valence-corrected chi connectivity index (χ3v) is 5.40. The Morgan fingerprint density at radius 3 is 2.25 bits per heavy atom. The molecule has 2 aromatic carbocycles. The van der Waals surface area contributed by atoms with E-state index in [9.17, 15) is 9.59 Å². The Balaban J connectivity index is 1.59. The molecule has 5 heteroatoms. The van der Waals surface area contributed by atoms with Crippen molar-refractivity contribution in [3.05, 3.63) is 64.7 Å². The van der Waals surface area contributed by atoms with Crippen LogP contribution in [0.15, 0.2) is 42.5 Å². The number of aryl methyl sites for hydroxylation is 2. The van der Waals surface area contributed by atoms with Gasteiger partial charge in [0.15, 0.2) is 0 Å². The second-order valence-corrected chi connectivity index (χ2v) is 7.35. The summed E-state index contributed by atoms with van der Waals surface area (Å²) in [5.41, 5.74) is 4.00. The molecule has 0 spiro atoms. The lowest BCUT2D eigenvalue weighted by atomic mass is 10.1. The van der Waals surface area contributed by atoms with E-state index in [-0.39, 0.29) is 11.8 Å². The van der Waals surface area contributed by atoms with Crippen molar-refractivity contribution in [2.24, 2.45) is 0 Å². The van der Waals surface area contributed by atoms with Crippen molar-refractivity contribution in [1.82, 2.24) is 9.80 Å². The normalized spacial score (nSPS) is 14.5. The van der Waals surface area contributed by atoms with E-state index in [1.165, 1.54) is 5.56 Å². The first kappa shape index (κ1) is 19.9. The molecule has 3 rings (SSSR count). The highest BCUT2D eigenvalue weighted by Gasteiger charge is 2.23. The van der Waals surface area contributed by atoms with Crippen molar-refractivity contribution in [2.75, 3.05) is 33.3 Å². The number of hydrogen-bond donors (Lipinski definition) is 0. The first-order chi connectivity index (χ1) is 13.5. The van der Waals surface area contributed by atoms with Gasteiger partial charge in [0.2, 0.25) is 5.91 Å². The zero-order valence-corrected chi connectivity index (χ0v) is 16.9.